The number of fused-ring (bicyclic) bond motifs is 1. The van der Waals surface area contributed by atoms with Crippen LogP contribution in [0.2, 0.25) is 0 Å². The molecule has 0 amide bonds. The van der Waals surface area contributed by atoms with Gasteiger partial charge in [-0.3, -0.25) is 0 Å². The van der Waals surface area contributed by atoms with Gasteiger partial charge in [-0.25, -0.2) is 9.97 Å². The fourth-order valence-corrected chi connectivity index (χ4v) is 3.48. The maximum absolute atomic E-state index is 9.80. The number of aliphatic hydroxyl groups excluding tert-OH is 1. The van der Waals surface area contributed by atoms with Crippen LogP contribution in [0.3, 0.4) is 0 Å². The number of para-hydroxylation sites is 1. The van der Waals surface area contributed by atoms with E-state index in [0.717, 1.165) is 48.2 Å². The number of nitrogens with one attached hydrogen (secondary N) is 1. The molecule has 1 aliphatic rings. The molecule has 138 valence electrons. The van der Waals surface area contributed by atoms with E-state index in [2.05, 4.69) is 32.3 Å². The summed E-state index contributed by atoms with van der Waals surface area (Å²) in [5.74, 6) is 2.49. The van der Waals surface area contributed by atoms with Crippen molar-refractivity contribution in [3.05, 3.63) is 77.1 Å². The fraction of sp³-hybridized carbons (Fsp3) is 0.273. The molecule has 2 aromatic carbocycles. The Bertz CT molecular complexity index is 940. The van der Waals surface area contributed by atoms with Crippen molar-refractivity contribution in [1.82, 2.24) is 9.97 Å². The molecule has 0 aliphatic carbocycles. The third-order valence-corrected chi connectivity index (χ3v) is 4.92. The quantitative estimate of drug-likeness (QED) is 0.732. The Kier molecular flexibility index (Phi) is 4.77. The van der Waals surface area contributed by atoms with Gasteiger partial charge in [0.15, 0.2) is 0 Å². The van der Waals surface area contributed by atoms with Crippen LogP contribution in [0.25, 0.3) is 0 Å². The van der Waals surface area contributed by atoms with E-state index in [1.807, 2.05) is 56.3 Å². The molecule has 1 aromatic heterocycles. The molecular weight excluding hydrogens is 336 g/mol. The van der Waals surface area contributed by atoms with E-state index in [1.54, 1.807) is 0 Å². The summed E-state index contributed by atoms with van der Waals surface area (Å²) in [6, 6.07) is 18.3. The third kappa shape index (κ3) is 3.93. The Hall–Kier alpha value is -2.92. The molecule has 1 atom stereocenters. The molecule has 1 aliphatic heterocycles. The standard InChI is InChI=1S/C22H24N4O/c1-15(27)17-8-9-19-14-26(11-10-18(19)12-17)22-13-21(23-16(2)24-22)25-20-6-4-3-5-7-20/h3-9,12-13,15,27H,10-11,14H2,1-2H3,(H,23,24,25)/t15-/m1/s1. The molecule has 2 N–H and O–H groups in total. The van der Waals surface area contributed by atoms with Crippen LogP contribution in [0.1, 0.15) is 35.5 Å². The number of aryl methyl sites for hydroxylation is 1. The molecule has 0 radical (unpaired) electrons. The second kappa shape index (κ2) is 7.37. The van der Waals surface area contributed by atoms with E-state index in [0.29, 0.717) is 0 Å². The summed E-state index contributed by atoms with van der Waals surface area (Å²) in [6.07, 6.45) is 0.518. The van der Waals surface area contributed by atoms with E-state index < -0.39 is 6.10 Å². The Balaban J connectivity index is 1.57. The summed E-state index contributed by atoms with van der Waals surface area (Å²) in [5, 5.41) is 13.2. The van der Waals surface area contributed by atoms with Crippen LogP contribution >= 0.6 is 0 Å². The van der Waals surface area contributed by atoms with Crippen molar-refractivity contribution >= 4 is 17.3 Å². The predicted octanol–water partition coefficient (Wildman–Crippen LogP) is 4.14. The monoisotopic (exact) mass is 360 g/mol. The van der Waals surface area contributed by atoms with Crippen molar-refractivity contribution < 1.29 is 5.11 Å². The molecule has 2 heterocycles. The van der Waals surface area contributed by atoms with Gasteiger partial charge in [0.05, 0.1) is 6.10 Å². The highest BCUT2D eigenvalue weighted by molar-refractivity contribution is 5.60. The first-order valence-corrected chi connectivity index (χ1v) is 9.31. The number of hydrogen-bond acceptors (Lipinski definition) is 5. The Morgan fingerprint density at radius 1 is 1.04 bits per heavy atom. The predicted molar refractivity (Wildman–Crippen MR) is 108 cm³/mol. The fourth-order valence-electron chi connectivity index (χ4n) is 3.48. The summed E-state index contributed by atoms with van der Waals surface area (Å²) < 4.78 is 0. The molecule has 0 unspecified atom stereocenters. The number of benzene rings is 2. The lowest BCUT2D eigenvalue weighted by atomic mass is 9.96. The second-order valence-corrected chi connectivity index (χ2v) is 7.03. The zero-order valence-electron chi connectivity index (χ0n) is 15.7. The van der Waals surface area contributed by atoms with Crippen LogP contribution in [0.15, 0.2) is 54.6 Å². The average Bonchev–Trinajstić information content (AvgIpc) is 2.67. The highest BCUT2D eigenvalue weighted by Gasteiger charge is 2.19. The van der Waals surface area contributed by atoms with Gasteiger partial charge >= 0.3 is 0 Å². The van der Waals surface area contributed by atoms with E-state index in [9.17, 15) is 5.11 Å². The summed E-state index contributed by atoms with van der Waals surface area (Å²) in [7, 11) is 0. The van der Waals surface area contributed by atoms with Crippen LogP contribution < -0.4 is 10.2 Å². The van der Waals surface area contributed by atoms with Crippen molar-refractivity contribution in [2.24, 2.45) is 0 Å². The van der Waals surface area contributed by atoms with E-state index >= 15 is 0 Å². The van der Waals surface area contributed by atoms with Crippen molar-refractivity contribution in [2.75, 3.05) is 16.8 Å². The minimum Gasteiger partial charge on any atom is -0.389 e. The van der Waals surface area contributed by atoms with Gasteiger partial charge in [-0.2, -0.15) is 0 Å². The van der Waals surface area contributed by atoms with Gasteiger partial charge in [0, 0.05) is 24.8 Å². The van der Waals surface area contributed by atoms with Gasteiger partial charge in [-0.15, -0.1) is 0 Å². The normalized spacial score (nSPS) is 14.6. The third-order valence-electron chi connectivity index (χ3n) is 4.92. The lowest BCUT2D eigenvalue weighted by molar-refractivity contribution is 0.199. The summed E-state index contributed by atoms with van der Waals surface area (Å²) in [4.78, 5) is 11.5. The molecule has 4 rings (SSSR count). The summed E-state index contributed by atoms with van der Waals surface area (Å²) >= 11 is 0. The highest BCUT2D eigenvalue weighted by Crippen LogP contribution is 2.27. The average molecular weight is 360 g/mol. The Morgan fingerprint density at radius 3 is 2.63 bits per heavy atom. The zero-order chi connectivity index (χ0) is 18.8. The first kappa shape index (κ1) is 17.5. The SMILES string of the molecule is Cc1nc(Nc2ccccc2)cc(N2CCc3cc([C@@H](C)O)ccc3C2)n1. The minimum atomic E-state index is -0.426. The van der Waals surface area contributed by atoms with Gasteiger partial charge in [0.1, 0.15) is 17.5 Å². The molecule has 5 heteroatoms. The van der Waals surface area contributed by atoms with Crippen molar-refractivity contribution in [1.29, 1.82) is 0 Å². The maximum Gasteiger partial charge on any atom is 0.136 e. The Labute approximate surface area is 159 Å². The van der Waals surface area contributed by atoms with Crippen LogP contribution in [0.5, 0.6) is 0 Å². The lowest BCUT2D eigenvalue weighted by Crippen LogP contribution is -2.31. The molecule has 0 spiro atoms. The molecular formula is C22H24N4O. The topological polar surface area (TPSA) is 61.3 Å². The van der Waals surface area contributed by atoms with Crippen LogP contribution in [0, 0.1) is 6.92 Å². The number of hydrogen-bond donors (Lipinski definition) is 2. The number of aromatic nitrogens is 2. The second-order valence-electron chi connectivity index (χ2n) is 7.03. The molecule has 3 aromatic rings. The van der Waals surface area contributed by atoms with Crippen LogP contribution in [0.4, 0.5) is 17.3 Å². The molecule has 0 saturated heterocycles. The largest absolute Gasteiger partial charge is 0.389 e. The summed E-state index contributed by atoms with van der Waals surface area (Å²) in [6.45, 7) is 5.45. The molecule has 5 nitrogen and oxygen atoms in total. The number of rotatable bonds is 4. The number of anilines is 3. The number of nitrogens with zero attached hydrogens (tertiary/aromatic N) is 3. The van der Waals surface area contributed by atoms with Crippen molar-refractivity contribution in [2.45, 2.75) is 32.9 Å². The molecule has 0 fully saturated rings. The first-order chi connectivity index (χ1) is 13.1. The van der Waals surface area contributed by atoms with Crippen molar-refractivity contribution in [3.63, 3.8) is 0 Å². The van der Waals surface area contributed by atoms with E-state index in [-0.39, 0.29) is 0 Å². The molecule has 0 saturated carbocycles. The molecule has 0 bridgehead atoms. The van der Waals surface area contributed by atoms with Gasteiger partial charge in [-0.1, -0.05) is 36.4 Å². The smallest absolute Gasteiger partial charge is 0.136 e. The Morgan fingerprint density at radius 2 is 1.85 bits per heavy atom. The highest BCUT2D eigenvalue weighted by atomic mass is 16.3. The number of aliphatic hydroxyl groups is 1. The lowest BCUT2D eigenvalue weighted by Gasteiger charge is -2.30. The van der Waals surface area contributed by atoms with Crippen molar-refractivity contribution in [3.8, 4) is 0 Å². The zero-order valence-corrected chi connectivity index (χ0v) is 15.7. The minimum absolute atomic E-state index is 0.426. The summed E-state index contributed by atoms with van der Waals surface area (Å²) in [5.41, 5.74) is 4.60. The molecule has 27 heavy (non-hydrogen) atoms. The van der Waals surface area contributed by atoms with Gasteiger partial charge in [-0.05, 0) is 49.1 Å². The van der Waals surface area contributed by atoms with E-state index in [4.69, 9.17) is 0 Å². The van der Waals surface area contributed by atoms with Gasteiger partial charge in [0.25, 0.3) is 0 Å². The first-order valence-electron chi connectivity index (χ1n) is 9.31. The van der Waals surface area contributed by atoms with Crippen LogP contribution in [-0.4, -0.2) is 21.6 Å². The van der Waals surface area contributed by atoms with Gasteiger partial charge < -0.3 is 15.3 Å². The maximum atomic E-state index is 9.80. The van der Waals surface area contributed by atoms with Gasteiger partial charge in [0.2, 0.25) is 0 Å². The van der Waals surface area contributed by atoms with E-state index in [1.165, 1.54) is 11.1 Å². The van der Waals surface area contributed by atoms with Crippen LogP contribution in [-0.2, 0) is 13.0 Å².